The third-order valence-electron chi connectivity index (χ3n) is 2.10. The van der Waals surface area contributed by atoms with Crippen LogP contribution in [0.1, 0.15) is 0 Å². The Labute approximate surface area is 104 Å². The minimum atomic E-state index is -0.754. The summed E-state index contributed by atoms with van der Waals surface area (Å²) >= 11 is 0. The fourth-order valence-corrected chi connectivity index (χ4v) is 1.18. The van der Waals surface area contributed by atoms with Gasteiger partial charge in [0.15, 0.2) is 0 Å². The average molecular weight is 250 g/mol. The lowest BCUT2D eigenvalue weighted by atomic mass is 10.2. The second-order valence-corrected chi connectivity index (χ2v) is 3.30. The molecule has 0 spiro atoms. The van der Waals surface area contributed by atoms with Gasteiger partial charge < -0.3 is 20.5 Å². The highest BCUT2D eigenvalue weighted by molar-refractivity contribution is 6.00. The summed E-state index contributed by atoms with van der Waals surface area (Å²) in [7, 11) is 2.76. The number of hydrogen-bond acceptors (Lipinski definition) is 5. The predicted molar refractivity (Wildman–Crippen MR) is 65.9 cm³/mol. The van der Waals surface area contributed by atoms with E-state index >= 15 is 0 Å². The van der Waals surface area contributed by atoms with Crippen LogP contribution in [0.3, 0.4) is 0 Å². The molecule has 0 aliphatic carbocycles. The van der Waals surface area contributed by atoms with E-state index in [0.29, 0.717) is 11.4 Å². The molecule has 0 aromatic heterocycles. The van der Waals surface area contributed by atoms with Crippen LogP contribution in [0, 0.1) is 0 Å². The van der Waals surface area contributed by atoms with Crippen molar-refractivity contribution in [3.8, 4) is 5.75 Å². The highest BCUT2D eigenvalue weighted by atomic mass is 16.5. The van der Waals surface area contributed by atoms with Crippen LogP contribution < -0.4 is 15.8 Å². The summed E-state index contributed by atoms with van der Waals surface area (Å²) in [5.41, 5.74) is 5.69. The summed E-state index contributed by atoms with van der Waals surface area (Å²) < 4.78 is 9.42. The molecule has 1 amide bonds. The van der Waals surface area contributed by atoms with Gasteiger partial charge in [0.1, 0.15) is 11.4 Å². The number of methoxy groups -OCH3 is 2. The van der Waals surface area contributed by atoms with Gasteiger partial charge in [0.05, 0.1) is 20.3 Å². The van der Waals surface area contributed by atoms with Crippen molar-refractivity contribution in [2.24, 2.45) is 5.73 Å². The standard InChI is InChI=1S/C12H14N2O4/c1-17-9-5-3-8(4-6-9)14-10(12(13)16)7-11(15)18-2/h3-7,14H,1-2H3,(H2,13,16)/b10-7-. The topological polar surface area (TPSA) is 90.7 Å². The van der Waals surface area contributed by atoms with E-state index in [9.17, 15) is 9.59 Å². The van der Waals surface area contributed by atoms with Gasteiger partial charge in [0.2, 0.25) is 0 Å². The molecule has 0 bridgehead atoms. The molecule has 1 aromatic carbocycles. The molecule has 0 radical (unpaired) electrons. The van der Waals surface area contributed by atoms with Crippen LogP contribution >= 0.6 is 0 Å². The zero-order valence-electron chi connectivity index (χ0n) is 10.1. The maximum Gasteiger partial charge on any atom is 0.332 e. The number of ether oxygens (including phenoxy) is 2. The van der Waals surface area contributed by atoms with Gasteiger partial charge in [0, 0.05) is 5.69 Å². The number of anilines is 1. The number of hydrogen-bond donors (Lipinski definition) is 2. The van der Waals surface area contributed by atoms with E-state index in [0.717, 1.165) is 6.08 Å². The maximum absolute atomic E-state index is 11.1. The largest absolute Gasteiger partial charge is 0.497 e. The first-order valence-electron chi connectivity index (χ1n) is 5.07. The third kappa shape index (κ3) is 3.82. The van der Waals surface area contributed by atoms with Crippen molar-refractivity contribution in [2.45, 2.75) is 0 Å². The molecular weight excluding hydrogens is 236 g/mol. The molecule has 0 atom stereocenters. The van der Waals surface area contributed by atoms with Gasteiger partial charge >= 0.3 is 5.97 Å². The summed E-state index contributed by atoms with van der Waals surface area (Å²) in [6, 6.07) is 6.79. The number of rotatable bonds is 5. The van der Waals surface area contributed by atoms with Crippen molar-refractivity contribution in [3.05, 3.63) is 36.0 Å². The van der Waals surface area contributed by atoms with Gasteiger partial charge in [-0.2, -0.15) is 0 Å². The van der Waals surface area contributed by atoms with Gasteiger partial charge in [-0.15, -0.1) is 0 Å². The lowest BCUT2D eigenvalue weighted by Crippen LogP contribution is -2.21. The van der Waals surface area contributed by atoms with Gasteiger partial charge in [0.25, 0.3) is 5.91 Å². The van der Waals surface area contributed by atoms with Gasteiger partial charge in [-0.25, -0.2) is 4.79 Å². The van der Waals surface area contributed by atoms with E-state index in [4.69, 9.17) is 10.5 Å². The van der Waals surface area contributed by atoms with E-state index in [1.54, 1.807) is 31.4 Å². The number of carbonyl (C=O) groups is 2. The first kappa shape index (κ1) is 13.6. The second-order valence-electron chi connectivity index (χ2n) is 3.30. The smallest absolute Gasteiger partial charge is 0.332 e. The summed E-state index contributed by atoms with van der Waals surface area (Å²) in [6.07, 6.45) is 0.993. The molecular formula is C12H14N2O4. The van der Waals surface area contributed by atoms with Crippen molar-refractivity contribution in [2.75, 3.05) is 19.5 Å². The summed E-state index contributed by atoms with van der Waals surface area (Å²) in [6.45, 7) is 0. The fourth-order valence-electron chi connectivity index (χ4n) is 1.18. The van der Waals surface area contributed by atoms with E-state index < -0.39 is 11.9 Å². The predicted octanol–water partition coefficient (Wildman–Crippen LogP) is 0.649. The van der Waals surface area contributed by atoms with E-state index in [1.165, 1.54) is 7.11 Å². The number of esters is 1. The Morgan fingerprint density at radius 1 is 1.22 bits per heavy atom. The molecule has 0 saturated carbocycles. The number of amides is 1. The fraction of sp³-hybridized carbons (Fsp3) is 0.167. The van der Waals surface area contributed by atoms with Crippen molar-refractivity contribution in [1.82, 2.24) is 0 Å². The first-order chi connectivity index (χ1) is 8.56. The molecule has 3 N–H and O–H groups in total. The van der Waals surface area contributed by atoms with E-state index in [2.05, 4.69) is 10.1 Å². The van der Waals surface area contributed by atoms with Crippen LogP contribution in [-0.2, 0) is 14.3 Å². The molecule has 1 rings (SSSR count). The Bertz CT molecular complexity index is 465. The van der Waals surface area contributed by atoms with Crippen LogP contribution in [0.4, 0.5) is 5.69 Å². The average Bonchev–Trinajstić information content (AvgIpc) is 2.38. The number of nitrogens with one attached hydrogen (secondary N) is 1. The highest BCUT2D eigenvalue weighted by Crippen LogP contribution is 2.16. The van der Waals surface area contributed by atoms with Crippen LogP contribution in [0.2, 0.25) is 0 Å². The maximum atomic E-state index is 11.1. The zero-order chi connectivity index (χ0) is 13.5. The minimum Gasteiger partial charge on any atom is -0.497 e. The Morgan fingerprint density at radius 3 is 2.28 bits per heavy atom. The molecule has 0 saturated heterocycles. The molecule has 0 fully saturated rings. The van der Waals surface area contributed by atoms with E-state index in [-0.39, 0.29) is 5.70 Å². The highest BCUT2D eigenvalue weighted by Gasteiger charge is 2.08. The molecule has 0 unspecified atom stereocenters. The van der Waals surface area contributed by atoms with Crippen LogP contribution in [0.5, 0.6) is 5.75 Å². The normalized spacial score (nSPS) is 10.7. The molecule has 0 aliphatic heterocycles. The SMILES string of the molecule is COC(=O)/C=C(\Nc1ccc(OC)cc1)C(N)=O. The van der Waals surface area contributed by atoms with E-state index in [1.807, 2.05) is 0 Å². The lowest BCUT2D eigenvalue weighted by Gasteiger charge is -2.08. The van der Waals surface area contributed by atoms with Crippen molar-refractivity contribution < 1.29 is 19.1 Å². The molecule has 1 aromatic rings. The Hall–Kier alpha value is -2.50. The third-order valence-corrected chi connectivity index (χ3v) is 2.10. The molecule has 0 heterocycles. The summed E-state index contributed by atoms with van der Waals surface area (Å²) in [4.78, 5) is 22.2. The van der Waals surface area contributed by atoms with Crippen molar-refractivity contribution in [1.29, 1.82) is 0 Å². The minimum absolute atomic E-state index is 0.0491. The molecule has 0 aliphatic rings. The Kier molecular flexibility index (Phi) is 4.74. The number of primary amides is 1. The van der Waals surface area contributed by atoms with Gasteiger partial charge in [-0.05, 0) is 24.3 Å². The molecule has 18 heavy (non-hydrogen) atoms. The van der Waals surface area contributed by atoms with Crippen LogP contribution in [0.15, 0.2) is 36.0 Å². The number of nitrogens with two attached hydrogens (primary N) is 1. The van der Waals surface area contributed by atoms with Crippen LogP contribution in [0.25, 0.3) is 0 Å². The second kappa shape index (κ2) is 6.29. The quantitative estimate of drug-likeness (QED) is 0.591. The van der Waals surface area contributed by atoms with Crippen LogP contribution in [-0.4, -0.2) is 26.1 Å². The number of carbonyl (C=O) groups excluding carboxylic acids is 2. The monoisotopic (exact) mass is 250 g/mol. The Balaban J connectivity index is 2.86. The van der Waals surface area contributed by atoms with Crippen molar-refractivity contribution >= 4 is 17.6 Å². The van der Waals surface area contributed by atoms with Gasteiger partial charge in [-0.3, -0.25) is 4.79 Å². The zero-order valence-corrected chi connectivity index (χ0v) is 10.1. The number of benzene rings is 1. The molecule has 6 nitrogen and oxygen atoms in total. The summed E-state index contributed by atoms with van der Waals surface area (Å²) in [5, 5.41) is 2.73. The lowest BCUT2D eigenvalue weighted by molar-refractivity contribution is -0.135. The summed E-state index contributed by atoms with van der Waals surface area (Å²) in [5.74, 6) is -0.737. The first-order valence-corrected chi connectivity index (χ1v) is 5.07. The molecule has 6 heteroatoms. The Morgan fingerprint density at radius 2 is 1.83 bits per heavy atom. The molecule has 96 valence electrons. The van der Waals surface area contributed by atoms with Crippen molar-refractivity contribution in [3.63, 3.8) is 0 Å². The van der Waals surface area contributed by atoms with Gasteiger partial charge in [-0.1, -0.05) is 0 Å².